The van der Waals surface area contributed by atoms with Gasteiger partial charge in [0.2, 0.25) is 0 Å². The van der Waals surface area contributed by atoms with E-state index in [9.17, 15) is 4.79 Å². The van der Waals surface area contributed by atoms with Crippen molar-refractivity contribution >= 4 is 23.2 Å². The molecule has 0 atom stereocenters. The predicted molar refractivity (Wildman–Crippen MR) is 80.7 cm³/mol. The monoisotopic (exact) mass is 285 g/mol. The number of allylic oxidation sites excluding steroid dienone is 2. The Hall–Kier alpha value is -2.19. The number of rotatable bonds is 2. The summed E-state index contributed by atoms with van der Waals surface area (Å²) < 4.78 is 0. The minimum Gasteiger partial charge on any atom is -0.335 e. The summed E-state index contributed by atoms with van der Waals surface area (Å²) in [5.74, 6) is -0.252. The summed E-state index contributed by atoms with van der Waals surface area (Å²) in [7, 11) is 0. The summed E-state index contributed by atoms with van der Waals surface area (Å²) in [5, 5.41) is 14.9. The summed E-state index contributed by atoms with van der Waals surface area (Å²) in [5.41, 5.74) is 2.11. The molecule has 0 saturated carbocycles. The van der Waals surface area contributed by atoms with Crippen LogP contribution in [0.4, 0.5) is 0 Å². The Labute approximate surface area is 123 Å². The van der Waals surface area contributed by atoms with Gasteiger partial charge in [0.05, 0.1) is 6.07 Å². The quantitative estimate of drug-likeness (QED) is 0.820. The number of hydrogen-bond acceptors (Lipinski definition) is 3. The second-order valence-corrected chi connectivity index (χ2v) is 4.96. The fraction of sp³-hybridized carbons (Fsp3) is 0.267. The van der Waals surface area contributed by atoms with Crippen molar-refractivity contribution in [1.82, 2.24) is 10.6 Å². The lowest BCUT2D eigenvalue weighted by molar-refractivity contribution is 0.0977. The standard InChI is InChI=1S/C15H15N3OS/c16-10-12-8-4-5-9-13(12)17-15(20)18-14(19)11-6-2-1-3-7-11/h1-3,6-7H,4-5,8-9H2,(H2,17,18,19,20). The van der Waals surface area contributed by atoms with Crippen LogP contribution in [0.1, 0.15) is 36.0 Å². The van der Waals surface area contributed by atoms with Crippen LogP contribution in [0.5, 0.6) is 0 Å². The second-order valence-electron chi connectivity index (χ2n) is 4.55. The van der Waals surface area contributed by atoms with Crippen LogP contribution in [0.15, 0.2) is 41.6 Å². The average Bonchev–Trinajstić information content (AvgIpc) is 2.48. The van der Waals surface area contributed by atoms with Crippen LogP contribution in [-0.2, 0) is 0 Å². The van der Waals surface area contributed by atoms with Gasteiger partial charge in [-0.2, -0.15) is 5.26 Å². The van der Waals surface area contributed by atoms with Crippen LogP contribution >= 0.6 is 12.2 Å². The molecule has 0 aliphatic heterocycles. The Balaban J connectivity index is 1.98. The predicted octanol–water partition coefficient (Wildman–Crippen LogP) is 2.64. The van der Waals surface area contributed by atoms with Gasteiger partial charge in [-0.15, -0.1) is 0 Å². The molecule has 0 bridgehead atoms. The maximum atomic E-state index is 11.9. The van der Waals surface area contributed by atoms with Gasteiger partial charge < -0.3 is 5.32 Å². The highest BCUT2D eigenvalue weighted by atomic mass is 32.1. The summed E-state index contributed by atoms with van der Waals surface area (Å²) in [6, 6.07) is 11.1. The number of carbonyl (C=O) groups is 1. The number of nitrogens with one attached hydrogen (secondary N) is 2. The molecule has 0 spiro atoms. The van der Waals surface area contributed by atoms with E-state index in [0.29, 0.717) is 5.56 Å². The smallest absolute Gasteiger partial charge is 0.257 e. The Morgan fingerprint density at radius 1 is 1.20 bits per heavy atom. The molecule has 20 heavy (non-hydrogen) atoms. The molecule has 0 radical (unpaired) electrons. The molecule has 0 aromatic heterocycles. The van der Waals surface area contributed by atoms with Gasteiger partial charge in [0, 0.05) is 16.8 Å². The number of benzene rings is 1. The zero-order valence-corrected chi connectivity index (χ0v) is 11.8. The average molecular weight is 285 g/mol. The van der Waals surface area contributed by atoms with Crippen molar-refractivity contribution in [3.63, 3.8) is 0 Å². The number of nitriles is 1. The van der Waals surface area contributed by atoms with Gasteiger partial charge in [-0.3, -0.25) is 10.1 Å². The summed E-state index contributed by atoms with van der Waals surface area (Å²) >= 11 is 5.13. The van der Waals surface area contributed by atoms with Gasteiger partial charge in [-0.1, -0.05) is 18.2 Å². The van der Waals surface area contributed by atoms with Gasteiger partial charge in [-0.05, 0) is 50.0 Å². The molecule has 1 aromatic carbocycles. The topological polar surface area (TPSA) is 64.9 Å². The molecule has 1 aromatic rings. The lowest BCUT2D eigenvalue weighted by atomic mass is 9.97. The van der Waals surface area contributed by atoms with Crippen molar-refractivity contribution in [1.29, 1.82) is 5.26 Å². The fourth-order valence-corrected chi connectivity index (χ4v) is 2.32. The molecule has 1 aliphatic rings. The van der Waals surface area contributed by atoms with E-state index in [1.165, 1.54) is 0 Å². The van der Waals surface area contributed by atoms with Gasteiger partial charge in [0.25, 0.3) is 5.91 Å². The first-order chi connectivity index (χ1) is 9.70. The Morgan fingerprint density at radius 2 is 1.90 bits per heavy atom. The molecule has 0 fully saturated rings. The highest BCUT2D eigenvalue weighted by Crippen LogP contribution is 2.22. The number of hydrogen-bond donors (Lipinski definition) is 2. The van der Waals surface area contributed by atoms with E-state index in [-0.39, 0.29) is 11.0 Å². The summed E-state index contributed by atoms with van der Waals surface area (Å²) in [4.78, 5) is 11.9. The normalized spacial score (nSPS) is 14.3. The molecule has 0 unspecified atom stereocenters. The van der Waals surface area contributed by atoms with Crippen LogP contribution in [0.3, 0.4) is 0 Å². The minimum absolute atomic E-state index is 0.239. The second kappa shape index (κ2) is 6.83. The summed E-state index contributed by atoms with van der Waals surface area (Å²) in [6.07, 6.45) is 3.62. The molecule has 2 N–H and O–H groups in total. The molecular formula is C15H15N3OS. The largest absolute Gasteiger partial charge is 0.335 e. The van der Waals surface area contributed by atoms with Crippen molar-refractivity contribution in [3.05, 3.63) is 47.2 Å². The Kier molecular flexibility index (Phi) is 4.85. The molecule has 1 aliphatic carbocycles. The fourth-order valence-electron chi connectivity index (χ4n) is 2.10. The molecule has 0 saturated heterocycles. The van der Waals surface area contributed by atoms with Gasteiger partial charge in [0.1, 0.15) is 0 Å². The van der Waals surface area contributed by atoms with E-state index >= 15 is 0 Å². The van der Waals surface area contributed by atoms with E-state index < -0.39 is 0 Å². The minimum atomic E-state index is -0.252. The lowest BCUT2D eigenvalue weighted by Gasteiger charge is -2.18. The third kappa shape index (κ3) is 3.65. The molecule has 1 amide bonds. The highest BCUT2D eigenvalue weighted by Gasteiger charge is 2.14. The molecule has 4 nitrogen and oxygen atoms in total. The first-order valence-corrected chi connectivity index (χ1v) is 6.91. The number of nitrogens with zero attached hydrogens (tertiary/aromatic N) is 1. The zero-order chi connectivity index (χ0) is 14.4. The van der Waals surface area contributed by atoms with E-state index in [1.54, 1.807) is 24.3 Å². The van der Waals surface area contributed by atoms with Crippen LogP contribution in [0, 0.1) is 11.3 Å². The van der Waals surface area contributed by atoms with Crippen molar-refractivity contribution in [3.8, 4) is 6.07 Å². The third-order valence-electron chi connectivity index (χ3n) is 3.13. The lowest BCUT2D eigenvalue weighted by Crippen LogP contribution is -2.39. The first-order valence-electron chi connectivity index (χ1n) is 6.50. The number of thiocarbonyl (C=S) groups is 1. The van der Waals surface area contributed by atoms with Crippen molar-refractivity contribution in [2.24, 2.45) is 0 Å². The van der Waals surface area contributed by atoms with Crippen LogP contribution in [0.25, 0.3) is 0 Å². The van der Waals surface area contributed by atoms with Gasteiger partial charge in [-0.25, -0.2) is 0 Å². The molecule has 102 valence electrons. The maximum absolute atomic E-state index is 11.9. The Bertz CT molecular complexity index is 587. The summed E-state index contributed by atoms with van der Waals surface area (Å²) in [6.45, 7) is 0. The highest BCUT2D eigenvalue weighted by molar-refractivity contribution is 7.80. The number of carbonyl (C=O) groups excluding carboxylic acids is 1. The number of amides is 1. The van der Waals surface area contributed by atoms with Crippen molar-refractivity contribution in [2.45, 2.75) is 25.7 Å². The molecule has 5 heteroatoms. The Morgan fingerprint density at radius 3 is 2.60 bits per heavy atom. The molecule has 0 heterocycles. The van der Waals surface area contributed by atoms with Crippen LogP contribution in [-0.4, -0.2) is 11.0 Å². The van der Waals surface area contributed by atoms with E-state index in [2.05, 4.69) is 16.7 Å². The molecule has 2 rings (SSSR count). The van der Waals surface area contributed by atoms with Crippen molar-refractivity contribution < 1.29 is 4.79 Å². The molecular weight excluding hydrogens is 270 g/mol. The van der Waals surface area contributed by atoms with Crippen LogP contribution < -0.4 is 10.6 Å². The van der Waals surface area contributed by atoms with Gasteiger partial charge >= 0.3 is 0 Å². The van der Waals surface area contributed by atoms with Gasteiger partial charge in [0.15, 0.2) is 5.11 Å². The van der Waals surface area contributed by atoms with E-state index in [4.69, 9.17) is 17.5 Å². The SMILES string of the molecule is N#CC1=C(NC(=S)NC(=O)c2ccccc2)CCCC1. The van der Waals surface area contributed by atoms with E-state index in [0.717, 1.165) is 37.0 Å². The van der Waals surface area contributed by atoms with Crippen LogP contribution in [0.2, 0.25) is 0 Å². The maximum Gasteiger partial charge on any atom is 0.257 e. The first kappa shape index (κ1) is 14.2. The van der Waals surface area contributed by atoms with Crippen molar-refractivity contribution in [2.75, 3.05) is 0 Å². The van der Waals surface area contributed by atoms with E-state index in [1.807, 2.05) is 6.07 Å². The zero-order valence-electron chi connectivity index (χ0n) is 11.0. The third-order valence-corrected chi connectivity index (χ3v) is 3.33.